The Labute approximate surface area is 220 Å². The van der Waals surface area contributed by atoms with Gasteiger partial charge in [-0.1, -0.05) is 12.1 Å². The zero-order valence-electron chi connectivity index (χ0n) is 21.8. The lowest BCUT2D eigenvalue weighted by Gasteiger charge is -2.34. The van der Waals surface area contributed by atoms with Crippen LogP contribution in [-0.2, 0) is 18.6 Å². The molecule has 3 aromatic heterocycles. The minimum atomic E-state index is -1.00. The summed E-state index contributed by atoms with van der Waals surface area (Å²) in [6.07, 6.45) is 4.60. The van der Waals surface area contributed by atoms with E-state index in [9.17, 15) is 9.90 Å². The fraction of sp³-hybridized carbons (Fsp3) is 0.357. The molecule has 2 aliphatic rings. The van der Waals surface area contributed by atoms with Crippen molar-refractivity contribution in [1.29, 1.82) is 0 Å². The van der Waals surface area contributed by atoms with Crippen LogP contribution in [0.3, 0.4) is 0 Å². The van der Waals surface area contributed by atoms with Gasteiger partial charge in [-0.25, -0.2) is 19.3 Å². The molecule has 0 spiro atoms. The number of pyridine rings is 1. The van der Waals surface area contributed by atoms with Crippen LogP contribution in [0, 0.1) is 0 Å². The number of aromatic nitrogens is 5. The number of piperazine rings is 1. The van der Waals surface area contributed by atoms with Gasteiger partial charge in [-0.15, -0.1) is 6.58 Å². The second-order valence-corrected chi connectivity index (χ2v) is 10.3. The van der Waals surface area contributed by atoms with Crippen molar-refractivity contribution in [1.82, 2.24) is 29.2 Å². The maximum Gasteiger partial charge on any atom is 0.278 e. The predicted molar refractivity (Wildman–Crippen MR) is 148 cm³/mol. The molecule has 1 aliphatic carbocycles. The van der Waals surface area contributed by atoms with Crippen LogP contribution in [0.15, 0.2) is 60.0 Å². The van der Waals surface area contributed by atoms with Crippen LogP contribution in [0.5, 0.6) is 0 Å². The zero-order valence-corrected chi connectivity index (χ0v) is 21.8. The SMILES string of the molecule is C=CCn1c(=O)c2cnc(Nc3ccc(N4CCN(C)CC4)cc3)nc2n1-c1ccc2c(n1)C(C)(O)CC2. The molecule has 6 rings (SSSR count). The van der Waals surface area contributed by atoms with Crippen molar-refractivity contribution in [3.63, 3.8) is 0 Å². The number of nitrogens with zero attached hydrogens (tertiary/aromatic N) is 7. The Morgan fingerprint density at radius 1 is 1.11 bits per heavy atom. The third-order valence-electron chi connectivity index (χ3n) is 7.54. The number of aryl methyl sites for hydroxylation is 1. The number of likely N-dealkylation sites (N-methyl/N-ethyl adjacent to an activating group) is 1. The van der Waals surface area contributed by atoms with Crippen LogP contribution in [0.25, 0.3) is 16.9 Å². The molecule has 1 unspecified atom stereocenters. The van der Waals surface area contributed by atoms with E-state index in [0.29, 0.717) is 34.9 Å². The highest BCUT2D eigenvalue weighted by atomic mass is 16.3. The molecular formula is C28H32N8O2. The van der Waals surface area contributed by atoms with E-state index in [1.807, 2.05) is 24.3 Å². The molecule has 4 aromatic rings. The monoisotopic (exact) mass is 512 g/mol. The van der Waals surface area contributed by atoms with Crippen LogP contribution in [0.1, 0.15) is 24.6 Å². The number of allylic oxidation sites excluding steroid dienone is 1. The molecule has 1 atom stereocenters. The highest BCUT2D eigenvalue weighted by molar-refractivity contribution is 5.77. The van der Waals surface area contributed by atoms with Gasteiger partial charge in [-0.2, -0.15) is 4.98 Å². The summed E-state index contributed by atoms with van der Waals surface area (Å²) in [7, 11) is 2.15. The molecule has 1 aromatic carbocycles. The van der Waals surface area contributed by atoms with Gasteiger partial charge in [-0.3, -0.25) is 4.79 Å². The highest BCUT2D eigenvalue weighted by Crippen LogP contribution is 2.35. The third kappa shape index (κ3) is 4.25. The molecule has 0 saturated carbocycles. The minimum absolute atomic E-state index is 0.225. The summed E-state index contributed by atoms with van der Waals surface area (Å²) in [5.41, 5.74) is 2.91. The Bertz CT molecular complexity index is 1560. The number of hydrogen-bond donors (Lipinski definition) is 2. The number of rotatable bonds is 6. The number of anilines is 3. The molecule has 2 N–H and O–H groups in total. The van der Waals surface area contributed by atoms with Crippen LogP contribution >= 0.6 is 0 Å². The van der Waals surface area contributed by atoms with Gasteiger partial charge in [0, 0.05) is 43.8 Å². The first-order valence-corrected chi connectivity index (χ1v) is 13.0. The van der Waals surface area contributed by atoms with E-state index in [1.165, 1.54) is 5.69 Å². The van der Waals surface area contributed by atoms with E-state index < -0.39 is 5.60 Å². The van der Waals surface area contributed by atoms with Crippen molar-refractivity contribution < 1.29 is 5.11 Å². The number of nitrogens with one attached hydrogen (secondary N) is 1. The molecule has 4 heterocycles. The quantitative estimate of drug-likeness (QED) is 0.380. The van der Waals surface area contributed by atoms with Crippen molar-refractivity contribution in [3.8, 4) is 5.82 Å². The average molecular weight is 513 g/mol. The predicted octanol–water partition coefficient (Wildman–Crippen LogP) is 2.81. The number of aliphatic hydroxyl groups is 1. The second kappa shape index (κ2) is 9.38. The van der Waals surface area contributed by atoms with Gasteiger partial charge in [-0.05, 0) is 62.7 Å². The van der Waals surface area contributed by atoms with Crippen LogP contribution in [0.2, 0.25) is 0 Å². The molecule has 1 fully saturated rings. The molecular weight excluding hydrogens is 480 g/mol. The van der Waals surface area contributed by atoms with Gasteiger partial charge in [0.05, 0.1) is 12.2 Å². The summed E-state index contributed by atoms with van der Waals surface area (Å²) >= 11 is 0. The van der Waals surface area contributed by atoms with Crippen LogP contribution in [-0.4, -0.2) is 67.5 Å². The fourth-order valence-corrected chi connectivity index (χ4v) is 5.32. The second-order valence-electron chi connectivity index (χ2n) is 10.3. The van der Waals surface area contributed by atoms with E-state index in [-0.39, 0.29) is 12.1 Å². The maximum absolute atomic E-state index is 13.3. The summed E-state index contributed by atoms with van der Waals surface area (Å²) in [5, 5.41) is 14.5. The van der Waals surface area contributed by atoms with Gasteiger partial charge in [0.25, 0.3) is 5.56 Å². The average Bonchev–Trinajstić information content (AvgIpc) is 3.37. The zero-order chi connectivity index (χ0) is 26.4. The lowest BCUT2D eigenvalue weighted by atomic mass is 10.0. The molecule has 38 heavy (non-hydrogen) atoms. The first-order chi connectivity index (χ1) is 18.3. The largest absolute Gasteiger partial charge is 0.384 e. The smallest absolute Gasteiger partial charge is 0.278 e. The normalized spacial score (nSPS) is 19.6. The van der Waals surface area contributed by atoms with Gasteiger partial charge in [0.1, 0.15) is 11.0 Å². The molecule has 196 valence electrons. The van der Waals surface area contributed by atoms with E-state index in [1.54, 1.807) is 28.6 Å². The summed E-state index contributed by atoms with van der Waals surface area (Å²) < 4.78 is 3.23. The van der Waals surface area contributed by atoms with Gasteiger partial charge in [0.2, 0.25) is 5.95 Å². The summed E-state index contributed by atoms with van der Waals surface area (Å²) in [6.45, 7) is 9.99. The molecule has 0 amide bonds. The molecule has 0 bridgehead atoms. The van der Waals surface area contributed by atoms with E-state index >= 15 is 0 Å². The Balaban J connectivity index is 1.36. The third-order valence-corrected chi connectivity index (χ3v) is 7.54. The minimum Gasteiger partial charge on any atom is -0.384 e. The topological polar surface area (TPSA) is 104 Å². The molecule has 0 radical (unpaired) electrons. The van der Waals surface area contributed by atoms with Gasteiger partial charge < -0.3 is 20.2 Å². The highest BCUT2D eigenvalue weighted by Gasteiger charge is 2.34. The maximum atomic E-state index is 13.3. The van der Waals surface area contributed by atoms with Crippen molar-refractivity contribution >= 4 is 28.4 Å². The van der Waals surface area contributed by atoms with Crippen LogP contribution in [0.4, 0.5) is 17.3 Å². The first-order valence-electron chi connectivity index (χ1n) is 13.0. The lowest BCUT2D eigenvalue weighted by molar-refractivity contribution is 0.0553. The molecule has 10 nitrogen and oxygen atoms in total. The Kier molecular flexibility index (Phi) is 6.00. The van der Waals surface area contributed by atoms with Gasteiger partial charge in [0.15, 0.2) is 11.5 Å². The summed E-state index contributed by atoms with van der Waals surface area (Å²) in [4.78, 5) is 31.9. The Hall–Kier alpha value is -4.02. The van der Waals surface area contributed by atoms with Gasteiger partial charge >= 0.3 is 0 Å². The first kappa shape index (κ1) is 24.3. The number of benzene rings is 1. The Morgan fingerprint density at radius 3 is 2.61 bits per heavy atom. The van der Waals surface area contributed by atoms with Crippen LogP contribution < -0.4 is 15.8 Å². The molecule has 10 heteroatoms. The fourth-order valence-electron chi connectivity index (χ4n) is 5.32. The van der Waals surface area contributed by atoms with E-state index in [0.717, 1.165) is 43.9 Å². The van der Waals surface area contributed by atoms with Crippen molar-refractivity contribution in [2.75, 3.05) is 43.4 Å². The summed E-state index contributed by atoms with van der Waals surface area (Å²) in [6, 6.07) is 12.1. The molecule has 1 saturated heterocycles. The number of fused-ring (bicyclic) bond motifs is 2. The van der Waals surface area contributed by atoms with Crippen molar-refractivity contribution in [2.24, 2.45) is 0 Å². The van der Waals surface area contributed by atoms with Crippen molar-refractivity contribution in [3.05, 3.63) is 76.9 Å². The number of hydrogen-bond acceptors (Lipinski definition) is 8. The standard InChI is InChI=1S/C28H32N8O2/c1-4-13-35-26(37)22-18-29-27(30-20-6-8-21(9-7-20)34-16-14-33(3)15-17-34)32-25(22)36(35)23-10-5-19-11-12-28(2,38)24(19)31-23/h4-10,18,38H,1,11-17H2,2-3H3,(H,29,30,32). The lowest BCUT2D eigenvalue weighted by Crippen LogP contribution is -2.44. The summed E-state index contributed by atoms with van der Waals surface area (Å²) in [5.74, 6) is 0.892. The van der Waals surface area contributed by atoms with Crippen molar-refractivity contribution in [2.45, 2.75) is 31.9 Å². The Morgan fingerprint density at radius 2 is 1.87 bits per heavy atom. The molecule has 1 aliphatic heterocycles. The van der Waals surface area contributed by atoms with E-state index in [2.05, 4.69) is 45.9 Å². The van der Waals surface area contributed by atoms with E-state index in [4.69, 9.17) is 9.97 Å².